The average molecular weight is 354 g/mol. The van der Waals surface area contributed by atoms with Crippen LogP contribution in [0.5, 0.6) is 5.75 Å². The number of rotatable bonds is 2. The van der Waals surface area contributed by atoms with Crippen molar-refractivity contribution in [1.29, 1.82) is 0 Å². The highest BCUT2D eigenvalue weighted by Crippen LogP contribution is 2.40. The molecular formula is C14H8ClNO6S. The molecule has 1 aliphatic heterocycles. The van der Waals surface area contributed by atoms with E-state index in [1.807, 2.05) is 0 Å². The summed E-state index contributed by atoms with van der Waals surface area (Å²) in [6, 6.07) is 7.87. The van der Waals surface area contributed by atoms with Gasteiger partial charge in [0.25, 0.3) is 21.9 Å². The van der Waals surface area contributed by atoms with Crippen molar-refractivity contribution in [3.05, 3.63) is 52.5 Å². The average Bonchev–Trinajstić information content (AvgIpc) is 2.73. The van der Waals surface area contributed by atoms with E-state index in [1.165, 1.54) is 12.1 Å². The molecule has 23 heavy (non-hydrogen) atoms. The van der Waals surface area contributed by atoms with E-state index in [0.29, 0.717) is 4.90 Å². The van der Waals surface area contributed by atoms with Gasteiger partial charge in [0.1, 0.15) is 4.90 Å². The highest BCUT2D eigenvalue weighted by atomic mass is 35.5. The molecule has 2 N–H and O–H groups in total. The van der Waals surface area contributed by atoms with E-state index in [1.54, 1.807) is 12.1 Å². The molecule has 0 saturated carbocycles. The van der Waals surface area contributed by atoms with Gasteiger partial charge in [-0.25, -0.2) is 4.90 Å². The van der Waals surface area contributed by atoms with E-state index in [9.17, 15) is 23.1 Å². The van der Waals surface area contributed by atoms with Gasteiger partial charge in [-0.2, -0.15) is 8.42 Å². The Morgan fingerprint density at radius 1 is 1.00 bits per heavy atom. The number of fused-ring (bicyclic) bond motifs is 1. The molecule has 3 rings (SSSR count). The van der Waals surface area contributed by atoms with Gasteiger partial charge in [-0.3, -0.25) is 14.1 Å². The predicted octanol–water partition coefficient (Wildman–Crippen LogP) is 2.09. The number of halogens is 1. The van der Waals surface area contributed by atoms with Crippen molar-refractivity contribution >= 4 is 39.2 Å². The number of hydrogen-bond acceptors (Lipinski definition) is 5. The van der Waals surface area contributed by atoms with Crippen LogP contribution in [0.2, 0.25) is 5.02 Å². The lowest BCUT2D eigenvalue weighted by Gasteiger charge is -2.17. The second kappa shape index (κ2) is 5.05. The molecule has 0 aromatic heterocycles. The summed E-state index contributed by atoms with van der Waals surface area (Å²) in [5.41, 5.74) is -0.188. The lowest BCUT2D eigenvalue weighted by Crippen LogP contribution is -2.29. The van der Waals surface area contributed by atoms with Crippen LogP contribution in [0.25, 0.3) is 0 Å². The highest BCUT2D eigenvalue weighted by molar-refractivity contribution is 7.86. The van der Waals surface area contributed by atoms with Crippen LogP contribution >= 0.6 is 11.6 Å². The van der Waals surface area contributed by atoms with E-state index in [4.69, 9.17) is 16.2 Å². The van der Waals surface area contributed by atoms with Crippen LogP contribution in [-0.4, -0.2) is 29.9 Å². The van der Waals surface area contributed by atoms with Gasteiger partial charge in [0.15, 0.2) is 5.75 Å². The third-order valence-corrected chi connectivity index (χ3v) is 4.42. The summed E-state index contributed by atoms with van der Waals surface area (Å²) < 4.78 is 31.7. The largest absolute Gasteiger partial charge is 0.504 e. The molecule has 0 atom stereocenters. The van der Waals surface area contributed by atoms with Crippen LogP contribution in [0, 0.1) is 0 Å². The molecule has 0 radical (unpaired) electrons. The van der Waals surface area contributed by atoms with E-state index >= 15 is 0 Å². The third kappa shape index (κ3) is 2.37. The van der Waals surface area contributed by atoms with Crippen LogP contribution < -0.4 is 4.90 Å². The topological polar surface area (TPSA) is 112 Å². The van der Waals surface area contributed by atoms with Gasteiger partial charge in [-0.05, 0) is 24.3 Å². The van der Waals surface area contributed by atoms with Crippen LogP contribution in [0.1, 0.15) is 20.7 Å². The van der Waals surface area contributed by atoms with Crippen LogP contribution in [0.15, 0.2) is 41.3 Å². The Bertz CT molecular complexity index is 934. The summed E-state index contributed by atoms with van der Waals surface area (Å²) in [4.78, 5) is 24.5. The lowest BCUT2D eigenvalue weighted by molar-refractivity contribution is 0.0924. The Kier molecular flexibility index (Phi) is 3.40. The van der Waals surface area contributed by atoms with Gasteiger partial charge in [0.2, 0.25) is 0 Å². The van der Waals surface area contributed by atoms with Crippen LogP contribution in [0.4, 0.5) is 5.69 Å². The summed E-state index contributed by atoms with van der Waals surface area (Å²) in [6.45, 7) is 0. The first-order chi connectivity index (χ1) is 10.7. The van der Waals surface area contributed by atoms with Crippen molar-refractivity contribution in [2.24, 2.45) is 0 Å². The molecular weight excluding hydrogens is 346 g/mol. The maximum absolute atomic E-state index is 12.4. The SMILES string of the molecule is O=C1c2ccccc2C(=O)N1c1cc(Cl)cc(S(=O)(=O)O)c1O. The minimum atomic E-state index is -4.79. The first kappa shape index (κ1) is 15.5. The van der Waals surface area contributed by atoms with E-state index in [2.05, 4.69) is 0 Å². The number of benzene rings is 2. The normalized spacial score (nSPS) is 14.3. The fourth-order valence-electron chi connectivity index (χ4n) is 2.34. The van der Waals surface area contributed by atoms with Gasteiger partial charge in [-0.15, -0.1) is 0 Å². The molecule has 2 aromatic carbocycles. The van der Waals surface area contributed by atoms with E-state index in [0.717, 1.165) is 12.1 Å². The quantitative estimate of drug-likeness (QED) is 0.631. The van der Waals surface area contributed by atoms with E-state index < -0.39 is 38.3 Å². The molecule has 0 spiro atoms. The summed E-state index contributed by atoms with van der Waals surface area (Å²) in [5.74, 6) is -2.40. The zero-order valence-electron chi connectivity index (χ0n) is 11.2. The zero-order valence-corrected chi connectivity index (χ0v) is 12.8. The maximum atomic E-state index is 12.4. The summed E-state index contributed by atoms with van der Waals surface area (Å²) in [7, 11) is -4.79. The molecule has 0 saturated heterocycles. The monoisotopic (exact) mass is 353 g/mol. The van der Waals surface area contributed by atoms with Gasteiger partial charge in [0, 0.05) is 5.02 Å². The van der Waals surface area contributed by atoms with Gasteiger partial charge >= 0.3 is 0 Å². The Morgan fingerprint density at radius 2 is 1.52 bits per heavy atom. The second-order valence-corrected chi connectivity index (χ2v) is 6.56. The fraction of sp³-hybridized carbons (Fsp3) is 0. The van der Waals surface area contributed by atoms with Crippen LogP contribution in [0.3, 0.4) is 0 Å². The number of hydrogen-bond donors (Lipinski definition) is 2. The zero-order chi connectivity index (χ0) is 16.9. The smallest absolute Gasteiger partial charge is 0.298 e. The Labute approximate surface area is 135 Å². The molecule has 7 nitrogen and oxygen atoms in total. The third-order valence-electron chi connectivity index (χ3n) is 3.33. The molecule has 118 valence electrons. The molecule has 0 unspecified atom stereocenters. The van der Waals surface area contributed by atoms with Crippen LogP contribution in [-0.2, 0) is 10.1 Å². The summed E-state index contributed by atoms with van der Waals surface area (Å²) in [5, 5.41) is 9.90. The molecule has 2 amide bonds. The number of phenolic OH excluding ortho intramolecular Hbond substituents is 1. The second-order valence-electron chi connectivity index (χ2n) is 4.74. The summed E-state index contributed by atoms with van der Waals surface area (Å²) in [6.07, 6.45) is 0. The predicted molar refractivity (Wildman–Crippen MR) is 80.5 cm³/mol. The Hall–Kier alpha value is -2.42. The number of amides is 2. The highest BCUT2D eigenvalue weighted by Gasteiger charge is 2.38. The van der Waals surface area contributed by atoms with Gasteiger partial charge < -0.3 is 5.11 Å². The Balaban J connectivity index is 2.24. The number of carbonyl (C=O) groups is 2. The van der Waals surface area contributed by atoms with Crippen molar-refractivity contribution in [3.8, 4) is 5.75 Å². The minimum absolute atomic E-state index is 0.116. The molecule has 1 aliphatic rings. The molecule has 2 aromatic rings. The molecule has 0 fully saturated rings. The Morgan fingerprint density at radius 3 is 2.00 bits per heavy atom. The minimum Gasteiger partial charge on any atom is -0.504 e. The fourth-order valence-corrected chi connectivity index (χ4v) is 3.24. The van der Waals surface area contributed by atoms with Crippen molar-refractivity contribution < 1.29 is 27.7 Å². The van der Waals surface area contributed by atoms with Crippen molar-refractivity contribution in [1.82, 2.24) is 0 Å². The lowest BCUT2D eigenvalue weighted by atomic mass is 10.1. The number of carbonyl (C=O) groups excluding carboxylic acids is 2. The summed E-state index contributed by atoms with van der Waals surface area (Å²) >= 11 is 5.78. The molecule has 1 heterocycles. The number of imide groups is 1. The first-order valence-corrected chi connectivity index (χ1v) is 8.01. The molecule has 9 heteroatoms. The van der Waals surface area contributed by atoms with Crippen molar-refractivity contribution in [2.75, 3.05) is 4.90 Å². The van der Waals surface area contributed by atoms with Gasteiger partial charge in [-0.1, -0.05) is 23.7 Å². The number of aromatic hydroxyl groups is 1. The number of phenols is 1. The number of anilines is 1. The molecule has 0 bridgehead atoms. The standard InChI is InChI=1S/C14H8ClNO6S/c15-7-5-10(12(17)11(6-7)23(20,21)22)16-13(18)8-3-1-2-4-9(8)14(16)19/h1-6,17H,(H,20,21,22). The first-order valence-electron chi connectivity index (χ1n) is 6.19. The number of nitrogens with zero attached hydrogens (tertiary/aromatic N) is 1. The van der Waals surface area contributed by atoms with Crippen molar-refractivity contribution in [3.63, 3.8) is 0 Å². The van der Waals surface area contributed by atoms with Crippen molar-refractivity contribution in [2.45, 2.75) is 4.90 Å². The van der Waals surface area contributed by atoms with Gasteiger partial charge in [0.05, 0.1) is 16.8 Å². The van der Waals surface area contributed by atoms with E-state index in [-0.39, 0.29) is 16.1 Å². The maximum Gasteiger partial charge on any atom is 0.298 e. The molecule has 0 aliphatic carbocycles.